The maximum absolute atomic E-state index is 12.3. The van der Waals surface area contributed by atoms with Crippen molar-refractivity contribution in [1.82, 2.24) is 19.6 Å². The molecule has 1 atom stereocenters. The van der Waals surface area contributed by atoms with Gasteiger partial charge in [0.15, 0.2) is 0 Å². The van der Waals surface area contributed by atoms with Gasteiger partial charge in [0.05, 0.1) is 18.3 Å². The molecule has 6 nitrogen and oxygen atoms in total. The highest BCUT2D eigenvalue weighted by Gasteiger charge is 2.22. The van der Waals surface area contributed by atoms with Gasteiger partial charge in [0.2, 0.25) is 0 Å². The molecular weight excluding hydrogens is 328 g/mol. The number of rotatable bonds is 5. The third kappa shape index (κ3) is 4.53. The number of ether oxygens (including phenoxy) is 1. The fraction of sp³-hybridized carbons (Fsp3) is 0.800. The van der Waals surface area contributed by atoms with Gasteiger partial charge in [-0.1, -0.05) is 0 Å². The molecule has 1 aromatic rings. The Bertz CT molecular complexity index is 646. The zero-order chi connectivity index (χ0) is 17.8. The largest absolute Gasteiger partial charge is 0.377 e. The van der Waals surface area contributed by atoms with E-state index in [4.69, 9.17) is 4.74 Å². The molecule has 3 aliphatic rings. The van der Waals surface area contributed by atoms with Gasteiger partial charge in [-0.2, -0.15) is 5.10 Å². The van der Waals surface area contributed by atoms with Crippen molar-refractivity contribution in [3.05, 3.63) is 27.7 Å². The zero-order valence-electron chi connectivity index (χ0n) is 15.9. The van der Waals surface area contributed by atoms with Gasteiger partial charge in [0, 0.05) is 51.9 Å². The van der Waals surface area contributed by atoms with Crippen LogP contribution in [-0.4, -0.2) is 71.6 Å². The first-order valence-corrected chi connectivity index (χ1v) is 10.4. The van der Waals surface area contributed by atoms with E-state index in [2.05, 4.69) is 14.9 Å². The van der Waals surface area contributed by atoms with Crippen molar-refractivity contribution in [3.8, 4) is 0 Å². The normalized spacial score (nSPS) is 25.2. The zero-order valence-corrected chi connectivity index (χ0v) is 15.9. The summed E-state index contributed by atoms with van der Waals surface area (Å²) in [6.45, 7) is 8.00. The maximum atomic E-state index is 12.3. The van der Waals surface area contributed by atoms with Crippen molar-refractivity contribution in [3.63, 3.8) is 0 Å². The molecule has 0 radical (unpaired) electrons. The van der Waals surface area contributed by atoms with Gasteiger partial charge in [0.25, 0.3) is 5.56 Å². The predicted octanol–water partition coefficient (Wildman–Crippen LogP) is 1.31. The summed E-state index contributed by atoms with van der Waals surface area (Å²) in [6, 6.07) is 1.82. The van der Waals surface area contributed by atoms with Crippen LogP contribution in [0.3, 0.4) is 0 Å². The first kappa shape index (κ1) is 18.1. The molecular formula is C20H32N4O2. The fourth-order valence-electron chi connectivity index (χ4n) is 4.43. The molecule has 144 valence electrons. The van der Waals surface area contributed by atoms with Crippen LogP contribution in [0.4, 0.5) is 0 Å². The predicted molar refractivity (Wildman–Crippen MR) is 102 cm³/mol. The van der Waals surface area contributed by atoms with Crippen molar-refractivity contribution >= 4 is 0 Å². The van der Waals surface area contributed by atoms with Crippen LogP contribution >= 0.6 is 0 Å². The van der Waals surface area contributed by atoms with Crippen LogP contribution in [0.5, 0.6) is 0 Å². The second kappa shape index (κ2) is 8.63. The third-order valence-electron chi connectivity index (χ3n) is 6.10. The molecule has 2 saturated heterocycles. The summed E-state index contributed by atoms with van der Waals surface area (Å²) in [5.74, 6) is 0. The average Bonchev–Trinajstić information content (AvgIpc) is 2.68. The molecule has 0 amide bonds. The second-order valence-corrected chi connectivity index (χ2v) is 8.02. The molecule has 26 heavy (non-hydrogen) atoms. The minimum absolute atomic E-state index is 0.0683. The van der Waals surface area contributed by atoms with Crippen LogP contribution in [-0.2, 0) is 24.1 Å². The fourth-order valence-corrected chi connectivity index (χ4v) is 4.43. The summed E-state index contributed by atoms with van der Waals surface area (Å²) in [5, 5.41) is 4.64. The molecule has 0 aromatic carbocycles. The van der Waals surface area contributed by atoms with Crippen molar-refractivity contribution in [2.75, 3.05) is 45.9 Å². The Morgan fingerprint density at radius 1 is 1.00 bits per heavy atom. The Kier molecular flexibility index (Phi) is 6.02. The van der Waals surface area contributed by atoms with E-state index < -0.39 is 0 Å². The van der Waals surface area contributed by atoms with E-state index >= 15 is 0 Å². The van der Waals surface area contributed by atoms with Gasteiger partial charge in [-0.05, 0) is 50.5 Å². The topological polar surface area (TPSA) is 50.6 Å². The van der Waals surface area contributed by atoms with E-state index in [0.717, 1.165) is 64.4 Å². The van der Waals surface area contributed by atoms with Crippen molar-refractivity contribution < 1.29 is 4.74 Å². The van der Waals surface area contributed by atoms with Gasteiger partial charge in [-0.25, -0.2) is 4.68 Å². The van der Waals surface area contributed by atoms with Crippen LogP contribution in [0.25, 0.3) is 0 Å². The Morgan fingerprint density at radius 2 is 1.81 bits per heavy atom. The van der Waals surface area contributed by atoms with Gasteiger partial charge < -0.3 is 4.74 Å². The number of aromatic nitrogens is 2. The summed E-state index contributed by atoms with van der Waals surface area (Å²) < 4.78 is 7.56. The second-order valence-electron chi connectivity index (χ2n) is 8.02. The minimum Gasteiger partial charge on any atom is -0.377 e. The molecule has 1 unspecified atom stereocenters. The molecule has 0 N–H and O–H groups in total. The Labute approximate surface area is 156 Å². The number of fused-ring (bicyclic) bond motifs is 1. The SMILES string of the molecule is O=c1cc2c(nn1CCN1CCN(CC3CCCCO3)CC1)CCCC2. The number of hydrogen-bond acceptors (Lipinski definition) is 5. The average molecular weight is 361 g/mol. The van der Waals surface area contributed by atoms with Crippen LogP contribution in [0, 0.1) is 0 Å². The number of hydrogen-bond donors (Lipinski definition) is 0. The van der Waals surface area contributed by atoms with Crippen LogP contribution in [0.15, 0.2) is 10.9 Å². The van der Waals surface area contributed by atoms with Gasteiger partial charge in [0.1, 0.15) is 0 Å². The lowest BCUT2D eigenvalue weighted by atomic mass is 9.97. The van der Waals surface area contributed by atoms with E-state index in [1.54, 1.807) is 4.68 Å². The molecule has 1 aliphatic carbocycles. The van der Waals surface area contributed by atoms with Gasteiger partial charge in [-0.15, -0.1) is 0 Å². The first-order chi connectivity index (χ1) is 12.8. The summed E-state index contributed by atoms with van der Waals surface area (Å²) in [7, 11) is 0. The summed E-state index contributed by atoms with van der Waals surface area (Å²) in [6.07, 6.45) is 8.62. The van der Waals surface area contributed by atoms with E-state index in [1.165, 1.54) is 37.7 Å². The van der Waals surface area contributed by atoms with E-state index in [0.29, 0.717) is 12.6 Å². The van der Waals surface area contributed by atoms with Gasteiger partial charge >= 0.3 is 0 Å². The number of nitrogens with zero attached hydrogens (tertiary/aromatic N) is 4. The Balaban J connectivity index is 1.24. The van der Waals surface area contributed by atoms with Crippen molar-refractivity contribution in [1.29, 1.82) is 0 Å². The number of aryl methyl sites for hydroxylation is 2. The van der Waals surface area contributed by atoms with E-state index in [1.807, 2.05) is 6.07 Å². The summed E-state index contributed by atoms with van der Waals surface area (Å²) in [4.78, 5) is 17.3. The minimum atomic E-state index is 0.0683. The summed E-state index contributed by atoms with van der Waals surface area (Å²) >= 11 is 0. The van der Waals surface area contributed by atoms with Crippen LogP contribution in [0.2, 0.25) is 0 Å². The highest BCUT2D eigenvalue weighted by molar-refractivity contribution is 5.20. The lowest BCUT2D eigenvalue weighted by molar-refractivity contribution is -0.0142. The number of piperazine rings is 1. The van der Waals surface area contributed by atoms with Crippen molar-refractivity contribution in [2.24, 2.45) is 0 Å². The third-order valence-corrected chi connectivity index (χ3v) is 6.10. The van der Waals surface area contributed by atoms with E-state index in [-0.39, 0.29) is 5.56 Å². The van der Waals surface area contributed by atoms with Crippen molar-refractivity contribution in [2.45, 2.75) is 57.6 Å². The molecule has 2 aliphatic heterocycles. The molecule has 0 spiro atoms. The molecule has 4 rings (SSSR count). The summed E-state index contributed by atoms with van der Waals surface area (Å²) in [5.41, 5.74) is 2.39. The highest BCUT2D eigenvalue weighted by Crippen LogP contribution is 2.17. The molecule has 6 heteroatoms. The molecule has 3 heterocycles. The highest BCUT2D eigenvalue weighted by atomic mass is 16.5. The van der Waals surface area contributed by atoms with Crippen LogP contribution in [0.1, 0.15) is 43.4 Å². The molecule has 0 saturated carbocycles. The molecule has 0 bridgehead atoms. The van der Waals surface area contributed by atoms with Crippen LogP contribution < -0.4 is 5.56 Å². The lowest BCUT2D eigenvalue weighted by Crippen LogP contribution is -2.50. The smallest absolute Gasteiger partial charge is 0.267 e. The maximum Gasteiger partial charge on any atom is 0.267 e. The monoisotopic (exact) mass is 360 g/mol. The Hall–Kier alpha value is -1.24. The van der Waals surface area contributed by atoms with E-state index in [9.17, 15) is 4.79 Å². The Morgan fingerprint density at radius 3 is 2.62 bits per heavy atom. The molecule has 2 fully saturated rings. The quantitative estimate of drug-likeness (QED) is 0.792. The standard InChI is InChI=1S/C20H32N4O2/c25-20-15-17-5-1-2-7-19(17)21-24(20)13-12-22-8-10-23(11-9-22)16-18-6-3-4-14-26-18/h15,18H,1-14,16H2. The molecule has 1 aromatic heterocycles. The first-order valence-electron chi connectivity index (χ1n) is 10.4. The van der Waals surface area contributed by atoms with Gasteiger partial charge in [-0.3, -0.25) is 14.6 Å². The lowest BCUT2D eigenvalue weighted by Gasteiger charge is -2.37.